The van der Waals surface area contributed by atoms with E-state index in [0.29, 0.717) is 11.1 Å². The number of hydrogen-bond donors (Lipinski definition) is 2. The second kappa shape index (κ2) is 3.50. The molecule has 3 N–H and O–H groups in total. The standard InChI is InChI=1S/C10H13N3O2S/c1-13(2)16(14,15)10-6-12-9-5-7(11)3-4-8(9)10/h3-6,12H,11H2,1-2H3. The van der Waals surface area contributed by atoms with E-state index < -0.39 is 10.0 Å². The molecule has 16 heavy (non-hydrogen) atoms. The third-order valence-electron chi connectivity index (χ3n) is 2.43. The van der Waals surface area contributed by atoms with Crippen molar-refractivity contribution in [2.75, 3.05) is 19.8 Å². The number of nitrogens with one attached hydrogen (secondary N) is 1. The van der Waals surface area contributed by atoms with Crippen molar-refractivity contribution >= 4 is 26.6 Å². The van der Waals surface area contributed by atoms with Crippen LogP contribution in [0, 0.1) is 0 Å². The van der Waals surface area contributed by atoms with Crippen LogP contribution in [-0.2, 0) is 10.0 Å². The topological polar surface area (TPSA) is 79.2 Å². The maximum atomic E-state index is 12.0. The van der Waals surface area contributed by atoms with Crippen LogP contribution in [0.2, 0.25) is 0 Å². The van der Waals surface area contributed by atoms with Gasteiger partial charge >= 0.3 is 0 Å². The monoisotopic (exact) mass is 239 g/mol. The second-order valence-electron chi connectivity index (χ2n) is 3.75. The maximum Gasteiger partial charge on any atom is 0.244 e. The van der Waals surface area contributed by atoms with Gasteiger partial charge in [-0.3, -0.25) is 0 Å². The Bertz CT molecular complexity index is 629. The van der Waals surface area contributed by atoms with E-state index in [1.54, 1.807) is 18.2 Å². The molecule has 0 aliphatic heterocycles. The normalized spacial score (nSPS) is 12.4. The number of nitrogen functional groups attached to an aromatic ring is 1. The van der Waals surface area contributed by atoms with Crippen molar-refractivity contribution in [3.63, 3.8) is 0 Å². The van der Waals surface area contributed by atoms with Gasteiger partial charge in [0.1, 0.15) is 4.90 Å². The molecule has 0 fully saturated rings. The average molecular weight is 239 g/mol. The van der Waals surface area contributed by atoms with Gasteiger partial charge in [-0.15, -0.1) is 0 Å². The largest absolute Gasteiger partial charge is 0.399 e. The first-order valence-corrected chi connectivity index (χ1v) is 6.16. The van der Waals surface area contributed by atoms with Crippen molar-refractivity contribution in [1.82, 2.24) is 9.29 Å². The van der Waals surface area contributed by atoms with E-state index in [1.807, 2.05) is 0 Å². The van der Waals surface area contributed by atoms with Crippen LogP contribution in [-0.4, -0.2) is 31.8 Å². The van der Waals surface area contributed by atoms with Gasteiger partial charge in [0.15, 0.2) is 0 Å². The van der Waals surface area contributed by atoms with Gasteiger partial charge in [-0.05, 0) is 18.2 Å². The summed E-state index contributed by atoms with van der Waals surface area (Å²) < 4.78 is 25.1. The molecule has 0 spiro atoms. The first kappa shape index (κ1) is 11.0. The number of aromatic amines is 1. The van der Waals surface area contributed by atoms with Crippen LogP contribution in [0.3, 0.4) is 0 Å². The molecule has 0 saturated carbocycles. The number of benzene rings is 1. The molecule has 1 aromatic carbocycles. The minimum absolute atomic E-state index is 0.271. The lowest BCUT2D eigenvalue weighted by Gasteiger charge is -2.09. The molecule has 0 radical (unpaired) electrons. The number of rotatable bonds is 2. The summed E-state index contributed by atoms with van der Waals surface area (Å²) in [6, 6.07) is 5.10. The third kappa shape index (κ3) is 1.56. The van der Waals surface area contributed by atoms with Crippen LogP contribution >= 0.6 is 0 Å². The summed E-state index contributed by atoms with van der Waals surface area (Å²) in [4.78, 5) is 3.17. The zero-order valence-electron chi connectivity index (χ0n) is 9.06. The summed E-state index contributed by atoms with van der Waals surface area (Å²) in [7, 11) is -0.401. The Kier molecular flexibility index (Phi) is 2.40. The van der Waals surface area contributed by atoms with E-state index in [-0.39, 0.29) is 4.90 Å². The molecule has 86 valence electrons. The van der Waals surface area contributed by atoms with Crippen LogP contribution in [0.15, 0.2) is 29.3 Å². The molecule has 0 atom stereocenters. The molecule has 1 aromatic heterocycles. The fraction of sp³-hybridized carbons (Fsp3) is 0.200. The zero-order valence-corrected chi connectivity index (χ0v) is 9.88. The van der Waals surface area contributed by atoms with E-state index >= 15 is 0 Å². The number of H-pyrrole nitrogens is 1. The molecule has 0 aliphatic carbocycles. The Morgan fingerprint density at radius 3 is 2.62 bits per heavy atom. The minimum atomic E-state index is -3.41. The van der Waals surface area contributed by atoms with E-state index in [0.717, 1.165) is 5.52 Å². The van der Waals surface area contributed by atoms with Gasteiger partial charge < -0.3 is 10.7 Å². The lowest BCUT2D eigenvalue weighted by atomic mass is 10.2. The first-order valence-electron chi connectivity index (χ1n) is 4.72. The molecular weight excluding hydrogens is 226 g/mol. The molecule has 0 saturated heterocycles. The van der Waals surface area contributed by atoms with Gasteiger partial charge in [-0.2, -0.15) is 0 Å². The SMILES string of the molecule is CN(C)S(=O)(=O)c1c[nH]c2cc(N)ccc12. The fourth-order valence-electron chi connectivity index (χ4n) is 1.53. The van der Waals surface area contributed by atoms with Gasteiger partial charge in [0.25, 0.3) is 0 Å². The van der Waals surface area contributed by atoms with Crippen molar-refractivity contribution < 1.29 is 8.42 Å². The number of fused-ring (bicyclic) bond motifs is 1. The van der Waals surface area contributed by atoms with E-state index in [1.165, 1.54) is 24.6 Å². The van der Waals surface area contributed by atoms with E-state index in [2.05, 4.69) is 4.98 Å². The number of anilines is 1. The maximum absolute atomic E-state index is 12.0. The predicted molar refractivity (Wildman–Crippen MR) is 63.6 cm³/mol. The number of aromatic nitrogens is 1. The minimum Gasteiger partial charge on any atom is -0.399 e. The lowest BCUT2D eigenvalue weighted by molar-refractivity contribution is 0.521. The molecule has 2 aromatic rings. The quantitative estimate of drug-likeness (QED) is 0.767. The van der Waals surface area contributed by atoms with Crippen molar-refractivity contribution in [1.29, 1.82) is 0 Å². The molecule has 0 bridgehead atoms. The molecule has 0 amide bonds. The second-order valence-corrected chi connectivity index (χ2v) is 5.87. The Labute approximate surface area is 93.9 Å². The Balaban J connectivity index is 2.73. The molecule has 0 unspecified atom stereocenters. The number of nitrogens with two attached hydrogens (primary N) is 1. The average Bonchev–Trinajstić information content (AvgIpc) is 2.60. The summed E-state index contributed by atoms with van der Waals surface area (Å²) in [5, 5.41) is 0.655. The van der Waals surface area contributed by atoms with Gasteiger partial charge in [0.05, 0.1) is 0 Å². The molecular formula is C10H13N3O2S. The van der Waals surface area contributed by atoms with Crippen LogP contribution in [0.4, 0.5) is 5.69 Å². The van der Waals surface area contributed by atoms with E-state index in [9.17, 15) is 8.42 Å². The number of sulfonamides is 1. The molecule has 0 aliphatic rings. The van der Waals surface area contributed by atoms with Crippen LogP contribution < -0.4 is 5.73 Å². The predicted octanol–water partition coefficient (Wildman–Crippen LogP) is 1.00. The Morgan fingerprint density at radius 1 is 1.31 bits per heavy atom. The smallest absolute Gasteiger partial charge is 0.244 e. The van der Waals surface area contributed by atoms with Gasteiger partial charge in [-0.25, -0.2) is 12.7 Å². The lowest BCUT2D eigenvalue weighted by Crippen LogP contribution is -2.21. The van der Waals surface area contributed by atoms with Crippen molar-refractivity contribution in [3.05, 3.63) is 24.4 Å². The fourth-order valence-corrected chi connectivity index (χ4v) is 2.58. The van der Waals surface area contributed by atoms with Crippen LogP contribution in [0.5, 0.6) is 0 Å². The Hall–Kier alpha value is -1.53. The molecule has 2 rings (SSSR count). The van der Waals surface area contributed by atoms with Crippen LogP contribution in [0.1, 0.15) is 0 Å². The van der Waals surface area contributed by atoms with Gasteiger partial charge in [0.2, 0.25) is 10.0 Å². The summed E-state index contributed by atoms with van der Waals surface area (Å²) >= 11 is 0. The number of nitrogens with zero attached hydrogens (tertiary/aromatic N) is 1. The summed E-state index contributed by atoms with van der Waals surface area (Å²) in [5.74, 6) is 0. The Morgan fingerprint density at radius 2 is 2.00 bits per heavy atom. The molecule has 5 nitrogen and oxygen atoms in total. The summed E-state index contributed by atoms with van der Waals surface area (Å²) in [6.07, 6.45) is 1.49. The van der Waals surface area contributed by atoms with Gasteiger partial charge in [0, 0.05) is 36.9 Å². The molecule has 1 heterocycles. The first-order chi connectivity index (χ1) is 7.43. The highest BCUT2D eigenvalue weighted by molar-refractivity contribution is 7.89. The summed E-state index contributed by atoms with van der Waals surface area (Å²) in [6.45, 7) is 0. The van der Waals surface area contributed by atoms with Crippen LogP contribution in [0.25, 0.3) is 10.9 Å². The van der Waals surface area contributed by atoms with E-state index in [4.69, 9.17) is 5.73 Å². The summed E-state index contributed by atoms with van der Waals surface area (Å²) in [5.41, 5.74) is 6.94. The van der Waals surface area contributed by atoms with Gasteiger partial charge in [-0.1, -0.05) is 0 Å². The van der Waals surface area contributed by atoms with Crippen molar-refractivity contribution in [2.24, 2.45) is 0 Å². The molecule has 6 heteroatoms. The zero-order chi connectivity index (χ0) is 11.9. The highest BCUT2D eigenvalue weighted by Crippen LogP contribution is 2.25. The highest BCUT2D eigenvalue weighted by Gasteiger charge is 2.21. The third-order valence-corrected chi connectivity index (χ3v) is 4.28. The highest BCUT2D eigenvalue weighted by atomic mass is 32.2. The van der Waals surface area contributed by atoms with Crippen molar-refractivity contribution in [2.45, 2.75) is 4.90 Å². The van der Waals surface area contributed by atoms with Crippen molar-refractivity contribution in [3.8, 4) is 0 Å². The number of hydrogen-bond acceptors (Lipinski definition) is 3.